The molecular weight excluding hydrogens is 773 g/mol. The van der Waals surface area contributed by atoms with Gasteiger partial charge in [0, 0.05) is 33.5 Å². The molecule has 2 unspecified atom stereocenters. The van der Waals surface area contributed by atoms with Gasteiger partial charge in [-0.25, -0.2) is 0 Å². The standard InChI is InChI=1S/C62H42N2/c1-5-20-43(21-6-1)61(55-32-16-17-33-56(55)62(44-22-7-2-8-23-44)54-31-15-13-28-50(54)53-30-19-34-57(61)60(53)62)45-36-38-48(39-37-45)63(46-24-9-3-10-25-46)49-40-41-52-51-29-14-18-35-58(51)64(59(52)42-49)47-26-11-4-12-27-47/h1-42H. The first-order valence-corrected chi connectivity index (χ1v) is 22.3. The van der Waals surface area contributed by atoms with Gasteiger partial charge < -0.3 is 9.47 Å². The highest BCUT2D eigenvalue weighted by Crippen LogP contribution is 2.65. The summed E-state index contributed by atoms with van der Waals surface area (Å²) in [5.41, 5.74) is 18.8. The maximum absolute atomic E-state index is 2.41. The first kappa shape index (κ1) is 36.5. The molecule has 11 aromatic rings. The zero-order valence-corrected chi connectivity index (χ0v) is 35.1. The molecule has 1 heterocycles. The molecule has 0 N–H and O–H groups in total. The van der Waals surface area contributed by atoms with Crippen molar-refractivity contribution in [2.45, 2.75) is 10.8 Å². The minimum Gasteiger partial charge on any atom is -0.310 e. The third-order valence-electron chi connectivity index (χ3n) is 14.1. The molecule has 0 fully saturated rings. The van der Waals surface area contributed by atoms with Gasteiger partial charge in [-0.05, 0) is 110 Å². The number of fused-ring (bicyclic) bond motifs is 8. The first-order chi connectivity index (χ1) is 31.8. The lowest BCUT2D eigenvalue weighted by atomic mass is 9.52. The van der Waals surface area contributed by atoms with Crippen LogP contribution in [0, 0.1) is 0 Å². The normalized spacial score (nSPS) is 16.9. The number of aromatic nitrogens is 1. The van der Waals surface area contributed by atoms with Crippen molar-refractivity contribution in [2.75, 3.05) is 4.90 Å². The molecule has 13 rings (SSSR count). The smallest absolute Gasteiger partial charge is 0.0720 e. The third-order valence-corrected chi connectivity index (χ3v) is 14.1. The number of benzene rings is 10. The van der Waals surface area contributed by atoms with Crippen LogP contribution >= 0.6 is 0 Å². The van der Waals surface area contributed by atoms with Gasteiger partial charge in [0.2, 0.25) is 0 Å². The quantitative estimate of drug-likeness (QED) is 0.156. The summed E-state index contributed by atoms with van der Waals surface area (Å²) >= 11 is 0. The summed E-state index contributed by atoms with van der Waals surface area (Å²) in [6, 6.07) is 94.5. The van der Waals surface area contributed by atoms with E-state index in [2.05, 4.69) is 264 Å². The number of hydrogen-bond donors (Lipinski definition) is 0. The Kier molecular flexibility index (Phi) is 8.07. The fraction of sp³-hybridized carbons (Fsp3) is 0.0323. The first-order valence-electron chi connectivity index (χ1n) is 22.3. The van der Waals surface area contributed by atoms with Crippen molar-refractivity contribution in [3.8, 4) is 16.8 Å². The molecule has 300 valence electrons. The highest BCUT2D eigenvalue weighted by molar-refractivity contribution is 6.10. The summed E-state index contributed by atoms with van der Waals surface area (Å²) in [4.78, 5) is 2.40. The minimum absolute atomic E-state index is 0.483. The van der Waals surface area contributed by atoms with Crippen LogP contribution < -0.4 is 4.90 Å². The molecule has 2 nitrogen and oxygen atoms in total. The van der Waals surface area contributed by atoms with Crippen molar-refractivity contribution in [3.05, 3.63) is 299 Å². The van der Waals surface area contributed by atoms with E-state index in [1.54, 1.807) is 0 Å². The Labute approximate surface area is 373 Å². The van der Waals surface area contributed by atoms with Crippen molar-refractivity contribution >= 4 is 38.9 Å². The summed E-state index contributed by atoms with van der Waals surface area (Å²) in [7, 11) is 0. The van der Waals surface area contributed by atoms with E-state index >= 15 is 0 Å². The van der Waals surface area contributed by atoms with Gasteiger partial charge in [-0.3, -0.25) is 0 Å². The van der Waals surface area contributed by atoms with Gasteiger partial charge in [0.05, 0.1) is 21.9 Å². The van der Waals surface area contributed by atoms with E-state index in [4.69, 9.17) is 0 Å². The number of anilines is 3. The monoisotopic (exact) mass is 814 g/mol. The second kappa shape index (κ2) is 14.2. The Bertz CT molecular complexity index is 3540. The molecule has 0 spiro atoms. The predicted octanol–water partition coefficient (Wildman–Crippen LogP) is 15.3. The number of hydrogen-bond acceptors (Lipinski definition) is 1. The van der Waals surface area contributed by atoms with E-state index in [1.807, 2.05) is 0 Å². The molecule has 1 aromatic heterocycles. The molecule has 0 aliphatic heterocycles. The van der Waals surface area contributed by atoms with Gasteiger partial charge in [-0.15, -0.1) is 0 Å². The van der Waals surface area contributed by atoms with Crippen LogP contribution in [-0.2, 0) is 10.8 Å². The molecular formula is C62H42N2. The minimum atomic E-state index is -0.616. The summed E-state index contributed by atoms with van der Waals surface area (Å²) in [6.45, 7) is 0. The van der Waals surface area contributed by atoms with E-state index in [1.165, 1.54) is 77.4 Å². The van der Waals surface area contributed by atoms with Gasteiger partial charge in [-0.2, -0.15) is 0 Å². The topological polar surface area (TPSA) is 8.17 Å². The molecule has 64 heavy (non-hydrogen) atoms. The molecule has 2 aliphatic rings. The molecule has 2 aliphatic carbocycles. The second-order valence-electron chi connectivity index (χ2n) is 17.2. The summed E-state index contributed by atoms with van der Waals surface area (Å²) in [6.07, 6.45) is 0. The van der Waals surface area contributed by atoms with Crippen molar-refractivity contribution < 1.29 is 0 Å². The average Bonchev–Trinajstić information content (AvgIpc) is 3.87. The van der Waals surface area contributed by atoms with Gasteiger partial charge >= 0.3 is 0 Å². The van der Waals surface area contributed by atoms with Crippen LogP contribution in [0.2, 0.25) is 0 Å². The average molecular weight is 815 g/mol. The molecule has 2 heteroatoms. The molecule has 0 bridgehead atoms. The second-order valence-corrected chi connectivity index (χ2v) is 17.2. The van der Waals surface area contributed by atoms with Crippen LogP contribution in [0.15, 0.2) is 255 Å². The van der Waals surface area contributed by atoms with Gasteiger partial charge in [0.1, 0.15) is 0 Å². The Hall–Kier alpha value is -8.20. The number of nitrogens with zero attached hydrogens (tertiary/aromatic N) is 2. The third kappa shape index (κ3) is 4.97. The highest BCUT2D eigenvalue weighted by Gasteiger charge is 2.57. The van der Waals surface area contributed by atoms with Crippen LogP contribution in [0.4, 0.5) is 17.1 Å². The van der Waals surface area contributed by atoms with E-state index in [9.17, 15) is 0 Å². The molecule has 0 amide bonds. The van der Waals surface area contributed by atoms with Crippen molar-refractivity contribution in [3.63, 3.8) is 0 Å². The van der Waals surface area contributed by atoms with Crippen molar-refractivity contribution in [1.29, 1.82) is 0 Å². The molecule has 10 aromatic carbocycles. The van der Waals surface area contributed by atoms with Gasteiger partial charge in [-0.1, -0.05) is 200 Å². The molecule has 2 atom stereocenters. The summed E-state index contributed by atoms with van der Waals surface area (Å²) in [5, 5.41) is 2.48. The van der Waals surface area contributed by atoms with E-state index in [0.29, 0.717) is 0 Å². The molecule has 0 saturated carbocycles. The Morgan fingerprint density at radius 2 is 0.781 bits per heavy atom. The Balaban J connectivity index is 1.05. The van der Waals surface area contributed by atoms with Crippen LogP contribution in [0.3, 0.4) is 0 Å². The zero-order chi connectivity index (χ0) is 42.2. The molecule has 0 saturated heterocycles. The summed E-state index contributed by atoms with van der Waals surface area (Å²) in [5.74, 6) is 0. The molecule has 0 radical (unpaired) electrons. The van der Waals surface area contributed by atoms with E-state index in [-0.39, 0.29) is 0 Å². The van der Waals surface area contributed by atoms with Gasteiger partial charge in [0.25, 0.3) is 0 Å². The lowest BCUT2D eigenvalue weighted by Gasteiger charge is -2.49. The Morgan fingerprint density at radius 3 is 1.50 bits per heavy atom. The largest absolute Gasteiger partial charge is 0.310 e. The SMILES string of the molecule is c1ccc(N(c2ccc(C3(c4ccccc4)c4ccccc4C4(c5ccccc5)c5ccccc5-c5cccc3c54)cc2)c2ccc3c4ccccc4n(-c4ccccc4)c3c2)cc1. The van der Waals surface area contributed by atoms with Crippen molar-refractivity contribution in [2.24, 2.45) is 0 Å². The fourth-order valence-electron chi connectivity index (χ4n) is 11.7. The zero-order valence-electron chi connectivity index (χ0n) is 35.1. The van der Waals surface area contributed by atoms with E-state index in [0.717, 1.165) is 22.7 Å². The number of para-hydroxylation sites is 3. The Morgan fingerprint density at radius 1 is 0.297 bits per heavy atom. The van der Waals surface area contributed by atoms with Crippen LogP contribution in [0.25, 0.3) is 38.6 Å². The van der Waals surface area contributed by atoms with E-state index < -0.39 is 10.8 Å². The lowest BCUT2D eigenvalue weighted by Crippen LogP contribution is -2.44. The number of rotatable bonds is 7. The predicted molar refractivity (Wildman–Crippen MR) is 265 cm³/mol. The maximum atomic E-state index is 2.41. The lowest BCUT2D eigenvalue weighted by molar-refractivity contribution is 0.626. The van der Waals surface area contributed by atoms with Crippen molar-refractivity contribution in [1.82, 2.24) is 4.57 Å². The fourth-order valence-corrected chi connectivity index (χ4v) is 11.7. The van der Waals surface area contributed by atoms with Gasteiger partial charge in [0.15, 0.2) is 0 Å². The summed E-state index contributed by atoms with van der Waals surface area (Å²) < 4.78 is 2.40. The van der Waals surface area contributed by atoms with Crippen LogP contribution in [0.5, 0.6) is 0 Å². The maximum Gasteiger partial charge on any atom is 0.0720 e. The van der Waals surface area contributed by atoms with Crippen LogP contribution in [0.1, 0.15) is 44.5 Å². The van der Waals surface area contributed by atoms with Crippen LogP contribution in [-0.4, -0.2) is 4.57 Å². The highest BCUT2D eigenvalue weighted by atomic mass is 15.1.